The molecule has 0 saturated heterocycles. The van der Waals surface area contributed by atoms with Gasteiger partial charge in [0.15, 0.2) is 0 Å². The molecule has 1 atom stereocenters. The van der Waals surface area contributed by atoms with Crippen LogP contribution in [0, 0.1) is 0 Å². The van der Waals surface area contributed by atoms with E-state index in [9.17, 15) is 4.79 Å². The van der Waals surface area contributed by atoms with Crippen LogP contribution >= 0.6 is 0 Å². The van der Waals surface area contributed by atoms with E-state index in [1.807, 2.05) is 0 Å². The Bertz CT molecular complexity index is 259. The molecule has 0 spiro atoms. The number of carbonyl (C=O) groups is 1. The minimum absolute atomic E-state index is 0.291. The van der Waals surface area contributed by atoms with Crippen LogP contribution in [0.4, 0.5) is 0 Å². The van der Waals surface area contributed by atoms with Gasteiger partial charge in [0, 0.05) is 6.20 Å². The highest BCUT2D eigenvalue weighted by Crippen LogP contribution is 1.90. The summed E-state index contributed by atoms with van der Waals surface area (Å²) in [5, 5.41) is 7.26. The van der Waals surface area contributed by atoms with E-state index in [0.29, 0.717) is 13.2 Å². The van der Waals surface area contributed by atoms with Crippen LogP contribution in [-0.4, -0.2) is 33.6 Å². The number of nitrogens with zero attached hydrogens (tertiary/aromatic N) is 3. The summed E-state index contributed by atoms with van der Waals surface area (Å²) >= 11 is 0. The van der Waals surface area contributed by atoms with Gasteiger partial charge >= 0.3 is 5.97 Å². The second kappa shape index (κ2) is 4.56. The molecule has 72 valence electrons. The second-order valence-electron chi connectivity index (χ2n) is 2.48. The first-order chi connectivity index (χ1) is 6.24. The summed E-state index contributed by atoms with van der Waals surface area (Å²) in [6.07, 6.45) is 3.16. The van der Waals surface area contributed by atoms with Crippen molar-refractivity contribution in [2.75, 3.05) is 6.61 Å². The second-order valence-corrected chi connectivity index (χ2v) is 2.48. The van der Waals surface area contributed by atoms with Crippen molar-refractivity contribution in [3.63, 3.8) is 0 Å². The van der Waals surface area contributed by atoms with Crippen molar-refractivity contribution in [3.8, 4) is 0 Å². The van der Waals surface area contributed by atoms with E-state index in [2.05, 4.69) is 10.3 Å². The lowest BCUT2D eigenvalue weighted by Gasteiger charge is -2.09. The van der Waals surface area contributed by atoms with Crippen molar-refractivity contribution in [2.24, 2.45) is 5.73 Å². The normalized spacial score (nSPS) is 12.5. The molecule has 0 amide bonds. The van der Waals surface area contributed by atoms with E-state index in [0.717, 1.165) is 0 Å². The summed E-state index contributed by atoms with van der Waals surface area (Å²) < 4.78 is 6.21. The van der Waals surface area contributed by atoms with Crippen molar-refractivity contribution in [3.05, 3.63) is 12.4 Å². The largest absolute Gasteiger partial charge is 0.465 e. The van der Waals surface area contributed by atoms with Crippen LogP contribution in [0.2, 0.25) is 0 Å². The van der Waals surface area contributed by atoms with E-state index >= 15 is 0 Å². The van der Waals surface area contributed by atoms with Crippen LogP contribution in [0.15, 0.2) is 12.4 Å². The first-order valence-corrected chi connectivity index (χ1v) is 4.00. The van der Waals surface area contributed by atoms with E-state index in [-0.39, 0.29) is 0 Å². The van der Waals surface area contributed by atoms with Crippen LogP contribution in [0.3, 0.4) is 0 Å². The monoisotopic (exact) mass is 184 g/mol. The van der Waals surface area contributed by atoms with Gasteiger partial charge in [-0.3, -0.25) is 9.48 Å². The molecule has 0 aromatic carbocycles. The summed E-state index contributed by atoms with van der Waals surface area (Å²) in [4.78, 5) is 11.1. The van der Waals surface area contributed by atoms with E-state index in [1.165, 1.54) is 10.9 Å². The molecule has 0 aliphatic heterocycles. The number of hydrogen-bond acceptors (Lipinski definition) is 5. The van der Waals surface area contributed by atoms with E-state index in [4.69, 9.17) is 10.5 Å². The smallest absolute Gasteiger partial charge is 0.324 e. The van der Waals surface area contributed by atoms with Crippen molar-refractivity contribution in [1.82, 2.24) is 15.0 Å². The molecule has 1 aromatic heterocycles. The number of aromatic nitrogens is 3. The molecule has 1 aromatic rings. The highest BCUT2D eigenvalue weighted by molar-refractivity contribution is 5.75. The minimum Gasteiger partial charge on any atom is -0.465 e. The summed E-state index contributed by atoms with van der Waals surface area (Å²) in [5.74, 6) is -0.419. The number of carbonyl (C=O) groups excluding carboxylic acids is 1. The van der Waals surface area contributed by atoms with Crippen molar-refractivity contribution >= 4 is 5.97 Å². The van der Waals surface area contributed by atoms with Gasteiger partial charge in [-0.25, -0.2) is 0 Å². The third kappa shape index (κ3) is 2.83. The predicted molar refractivity (Wildman–Crippen MR) is 44.6 cm³/mol. The number of hydrogen-bond donors (Lipinski definition) is 1. The Balaban J connectivity index is 2.41. The highest BCUT2D eigenvalue weighted by Gasteiger charge is 2.14. The molecule has 0 radical (unpaired) electrons. The topological polar surface area (TPSA) is 83.0 Å². The van der Waals surface area contributed by atoms with Gasteiger partial charge in [0.25, 0.3) is 0 Å². The Hall–Kier alpha value is -1.43. The third-order valence-electron chi connectivity index (χ3n) is 1.45. The summed E-state index contributed by atoms with van der Waals surface area (Å²) in [5.41, 5.74) is 5.53. The number of rotatable bonds is 4. The fourth-order valence-corrected chi connectivity index (χ4v) is 0.855. The molecule has 0 aliphatic carbocycles. The zero-order chi connectivity index (χ0) is 9.68. The molecular weight excluding hydrogens is 172 g/mol. The van der Waals surface area contributed by atoms with Gasteiger partial charge in [0.05, 0.1) is 19.3 Å². The van der Waals surface area contributed by atoms with Crippen molar-refractivity contribution in [1.29, 1.82) is 0 Å². The number of nitrogens with two attached hydrogens (primary N) is 1. The molecule has 6 nitrogen and oxygen atoms in total. The number of esters is 1. The van der Waals surface area contributed by atoms with Crippen molar-refractivity contribution in [2.45, 2.75) is 19.5 Å². The molecule has 6 heteroatoms. The Kier molecular flexibility index (Phi) is 3.39. The van der Waals surface area contributed by atoms with Gasteiger partial charge in [-0.1, -0.05) is 5.21 Å². The summed E-state index contributed by atoms with van der Waals surface area (Å²) in [7, 11) is 0. The fraction of sp³-hybridized carbons (Fsp3) is 0.571. The average molecular weight is 184 g/mol. The average Bonchev–Trinajstić information content (AvgIpc) is 2.57. The van der Waals surface area contributed by atoms with Crippen LogP contribution in [-0.2, 0) is 16.1 Å². The molecule has 0 saturated carbocycles. The minimum atomic E-state index is -0.679. The Labute approximate surface area is 75.7 Å². The zero-order valence-corrected chi connectivity index (χ0v) is 7.38. The Morgan fingerprint density at radius 1 is 1.77 bits per heavy atom. The summed E-state index contributed by atoms with van der Waals surface area (Å²) in [6.45, 7) is 2.36. The van der Waals surface area contributed by atoms with Crippen molar-refractivity contribution < 1.29 is 9.53 Å². The molecule has 0 aliphatic rings. The third-order valence-corrected chi connectivity index (χ3v) is 1.45. The quantitative estimate of drug-likeness (QED) is 0.617. The maximum absolute atomic E-state index is 11.1. The number of ether oxygens (including phenoxy) is 1. The van der Waals surface area contributed by atoms with Gasteiger partial charge in [0.2, 0.25) is 0 Å². The van der Waals surface area contributed by atoms with Gasteiger partial charge in [0.1, 0.15) is 6.04 Å². The molecule has 1 heterocycles. The molecular formula is C7H12N4O2. The van der Waals surface area contributed by atoms with Gasteiger partial charge in [-0.05, 0) is 6.92 Å². The maximum atomic E-state index is 11.1. The molecule has 2 N–H and O–H groups in total. The molecule has 0 unspecified atom stereocenters. The van der Waals surface area contributed by atoms with Crippen LogP contribution in [0.5, 0.6) is 0 Å². The lowest BCUT2D eigenvalue weighted by atomic mass is 10.3. The highest BCUT2D eigenvalue weighted by atomic mass is 16.5. The van der Waals surface area contributed by atoms with E-state index in [1.54, 1.807) is 13.1 Å². The SMILES string of the molecule is CCOC(=O)[C@@H](N)Cn1ccnn1. The van der Waals surface area contributed by atoms with Gasteiger partial charge in [-0.2, -0.15) is 0 Å². The molecule has 0 bridgehead atoms. The molecule has 13 heavy (non-hydrogen) atoms. The maximum Gasteiger partial charge on any atom is 0.324 e. The molecule has 0 fully saturated rings. The van der Waals surface area contributed by atoms with Crippen LogP contribution in [0.25, 0.3) is 0 Å². The standard InChI is InChI=1S/C7H12N4O2/c1-2-13-7(12)6(8)5-11-4-3-9-10-11/h3-4,6H,2,5,8H2,1H3/t6-/m0/s1. The first-order valence-electron chi connectivity index (χ1n) is 4.00. The zero-order valence-electron chi connectivity index (χ0n) is 7.38. The van der Waals surface area contributed by atoms with Crippen LogP contribution in [0.1, 0.15) is 6.92 Å². The van der Waals surface area contributed by atoms with E-state index < -0.39 is 12.0 Å². The first kappa shape index (κ1) is 9.66. The van der Waals surface area contributed by atoms with Gasteiger partial charge < -0.3 is 10.5 Å². The Morgan fingerprint density at radius 2 is 2.54 bits per heavy atom. The lowest BCUT2D eigenvalue weighted by molar-refractivity contribution is -0.145. The van der Waals surface area contributed by atoms with Gasteiger partial charge in [-0.15, -0.1) is 5.10 Å². The summed E-state index contributed by atoms with van der Waals surface area (Å²) in [6, 6.07) is -0.679. The Morgan fingerprint density at radius 3 is 3.08 bits per heavy atom. The van der Waals surface area contributed by atoms with Crippen LogP contribution < -0.4 is 5.73 Å². The molecule has 1 rings (SSSR count). The lowest BCUT2D eigenvalue weighted by Crippen LogP contribution is -2.36. The fourth-order valence-electron chi connectivity index (χ4n) is 0.855. The predicted octanol–water partition coefficient (Wildman–Crippen LogP) is -0.831.